The van der Waals surface area contributed by atoms with Crippen molar-refractivity contribution < 1.29 is 13.9 Å². The van der Waals surface area contributed by atoms with Crippen LogP contribution in [0.15, 0.2) is 47.8 Å². The molecule has 0 radical (unpaired) electrons. The molecule has 0 spiro atoms. The molecule has 29 heavy (non-hydrogen) atoms. The summed E-state index contributed by atoms with van der Waals surface area (Å²) in [6.45, 7) is 4.40. The summed E-state index contributed by atoms with van der Waals surface area (Å²) in [7, 11) is 0. The van der Waals surface area contributed by atoms with E-state index in [1.165, 1.54) is 23.9 Å². The van der Waals surface area contributed by atoms with Crippen LogP contribution < -0.4 is 10.1 Å². The van der Waals surface area contributed by atoms with Gasteiger partial charge in [-0.3, -0.25) is 4.79 Å². The van der Waals surface area contributed by atoms with Gasteiger partial charge in [0.05, 0.1) is 11.4 Å². The number of ether oxygens (including phenoxy) is 1. The predicted molar refractivity (Wildman–Crippen MR) is 110 cm³/mol. The third-order valence-corrected chi connectivity index (χ3v) is 5.19. The number of thioether (sulfide) groups is 1. The molecule has 2 aromatic heterocycles. The normalized spacial score (nSPS) is 11.9. The first-order valence-corrected chi connectivity index (χ1v) is 10.2. The number of pyridine rings is 1. The molecule has 1 amide bonds. The van der Waals surface area contributed by atoms with Gasteiger partial charge in [0.25, 0.3) is 0 Å². The highest BCUT2D eigenvalue weighted by Gasteiger charge is 2.19. The average Bonchev–Trinajstić information content (AvgIpc) is 3.13. The van der Waals surface area contributed by atoms with E-state index in [0.717, 1.165) is 0 Å². The van der Waals surface area contributed by atoms with E-state index in [2.05, 4.69) is 20.5 Å². The summed E-state index contributed by atoms with van der Waals surface area (Å²) >= 11 is 7.21. The third kappa shape index (κ3) is 5.45. The van der Waals surface area contributed by atoms with Gasteiger partial charge in [0.2, 0.25) is 5.91 Å². The van der Waals surface area contributed by atoms with Gasteiger partial charge in [-0.2, -0.15) is 0 Å². The molecule has 3 rings (SSSR count). The number of rotatable bonds is 8. The molecule has 1 unspecified atom stereocenters. The number of nitrogens with one attached hydrogen (secondary N) is 1. The molecule has 3 aromatic rings. The van der Waals surface area contributed by atoms with Crippen LogP contribution in [-0.4, -0.2) is 31.4 Å². The van der Waals surface area contributed by atoms with Gasteiger partial charge in [0.1, 0.15) is 11.6 Å². The van der Waals surface area contributed by atoms with Crippen molar-refractivity contribution in [2.45, 2.75) is 31.7 Å². The summed E-state index contributed by atoms with van der Waals surface area (Å²) < 4.78 is 20.8. The number of anilines is 1. The summed E-state index contributed by atoms with van der Waals surface area (Å²) in [5.41, 5.74) is 0.457. The molecule has 0 aliphatic rings. The van der Waals surface area contributed by atoms with Crippen LogP contribution in [0.5, 0.6) is 5.75 Å². The van der Waals surface area contributed by atoms with Crippen LogP contribution in [0, 0.1) is 5.82 Å². The Balaban J connectivity index is 1.63. The van der Waals surface area contributed by atoms with Crippen LogP contribution >= 0.6 is 23.4 Å². The summed E-state index contributed by atoms with van der Waals surface area (Å²) in [6, 6.07) is 9.16. The third-order valence-electron chi connectivity index (χ3n) is 3.92. The second kappa shape index (κ2) is 9.71. The summed E-state index contributed by atoms with van der Waals surface area (Å²) in [5, 5.41) is 11.9. The monoisotopic (exact) mass is 435 g/mol. The SMILES string of the molecule is CCn1c(SCC(=O)Nc2cccnc2Cl)nnc1C(C)Oc1ccc(F)cc1. The Kier molecular flexibility index (Phi) is 7.05. The molecular formula is C19H19ClFN5O2S. The molecule has 0 aliphatic heterocycles. The first-order valence-electron chi connectivity index (χ1n) is 8.86. The quantitative estimate of drug-likeness (QED) is 0.418. The number of amides is 1. The molecule has 0 saturated carbocycles. The molecule has 0 fully saturated rings. The van der Waals surface area contributed by atoms with Gasteiger partial charge in [-0.1, -0.05) is 23.4 Å². The van der Waals surface area contributed by atoms with E-state index in [0.29, 0.717) is 29.0 Å². The topological polar surface area (TPSA) is 81.9 Å². The van der Waals surface area contributed by atoms with Gasteiger partial charge in [-0.15, -0.1) is 10.2 Å². The Morgan fingerprint density at radius 3 is 2.76 bits per heavy atom. The van der Waals surface area contributed by atoms with Crippen LogP contribution in [0.4, 0.5) is 10.1 Å². The summed E-state index contributed by atoms with van der Waals surface area (Å²) in [5.74, 6) is 0.733. The van der Waals surface area contributed by atoms with Crippen molar-refractivity contribution in [3.8, 4) is 5.75 Å². The Labute approximate surface area is 176 Å². The molecule has 0 bridgehead atoms. The standard InChI is InChI=1S/C19H19ClFN5O2S/c1-3-26-18(12(2)28-14-8-6-13(21)7-9-14)24-25-19(26)29-11-16(27)23-15-5-4-10-22-17(15)20/h4-10,12H,3,11H2,1-2H3,(H,23,27). The number of carbonyl (C=O) groups is 1. The van der Waals surface area contributed by atoms with Crippen LogP contribution in [0.2, 0.25) is 5.15 Å². The van der Waals surface area contributed by atoms with Gasteiger partial charge in [-0.25, -0.2) is 9.37 Å². The minimum Gasteiger partial charge on any atom is -0.483 e. The predicted octanol–water partition coefficient (Wildman–Crippen LogP) is 4.36. The fraction of sp³-hybridized carbons (Fsp3) is 0.263. The van der Waals surface area contributed by atoms with E-state index in [1.807, 2.05) is 18.4 Å². The summed E-state index contributed by atoms with van der Waals surface area (Å²) in [4.78, 5) is 16.1. The van der Waals surface area contributed by atoms with Crippen molar-refractivity contribution >= 4 is 35.0 Å². The van der Waals surface area contributed by atoms with Crippen molar-refractivity contribution in [3.63, 3.8) is 0 Å². The average molecular weight is 436 g/mol. The van der Waals surface area contributed by atoms with Crippen molar-refractivity contribution in [2.24, 2.45) is 0 Å². The molecule has 152 valence electrons. The molecule has 2 heterocycles. The Morgan fingerprint density at radius 2 is 2.07 bits per heavy atom. The highest BCUT2D eigenvalue weighted by atomic mass is 35.5. The van der Waals surface area contributed by atoms with Gasteiger partial charge in [-0.05, 0) is 50.2 Å². The smallest absolute Gasteiger partial charge is 0.234 e. The number of hydrogen-bond acceptors (Lipinski definition) is 6. The molecule has 7 nitrogen and oxygen atoms in total. The molecule has 0 saturated heterocycles. The van der Waals surface area contributed by atoms with E-state index in [9.17, 15) is 9.18 Å². The van der Waals surface area contributed by atoms with E-state index in [1.54, 1.807) is 30.5 Å². The number of halogens is 2. The lowest BCUT2D eigenvalue weighted by atomic mass is 10.3. The Morgan fingerprint density at radius 1 is 1.31 bits per heavy atom. The van der Waals surface area contributed by atoms with E-state index in [-0.39, 0.29) is 22.6 Å². The van der Waals surface area contributed by atoms with Crippen LogP contribution in [0.3, 0.4) is 0 Å². The van der Waals surface area contributed by atoms with Crippen LogP contribution in [0.25, 0.3) is 0 Å². The second-order valence-electron chi connectivity index (χ2n) is 5.98. The fourth-order valence-corrected chi connectivity index (χ4v) is 3.55. The number of aromatic nitrogens is 4. The largest absolute Gasteiger partial charge is 0.483 e. The van der Waals surface area contributed by atoms with Gasteiger partial charge in [0.15, 0.2) is 22.2 Å². The molecule has 10 heteroatoms. The molecule has 0 aliphatic carbocycles. The second-order valence-corrected chi connectivity index (χ2v) is 7.28. The lowest BCUT2D eigenvalue weighted by molar-refractivity contribution is -0.113. The number of benzene rings is 1. The van der Waals surface area contributed by atoms with Crippen molar-refractivity contribution in [1.29, 1.82) is 0 Å². The minimum atomic E-state index is -0.398. The van der Waals surface area contributed by atoms with E-state index >= 15 is 0 Å². The van der Waals surface area contributed by atoms with E-state index in [4.69, 9.17) is 16.3 Å². The zero-order chi connectivity index (χ0) is 20.8. The van der Waals surface area contributed by atoms with Crippen molar-refractivity contribution in [2.75, 3.05) is 11.1 Å². The Hall–Kier alpha value is -2.65. The van der Waals surface area contributed by atoms with Crippen LogP contribution in [0.1, 0.15) is 25.8 Å². The summed E-state index contributed by atoms with van der Waals surface area (Å²) in [6.07, 6.45) is 1.15. The molecule has 1 aromatic carbocycles. The first-order chi connectivity index (χ1) is 14.0. The highest BCUT2D eigenvalue weighted by Crippen LogP contribution is 2.25. The van der Waals surface area contributed by atoms with Gasteiger partial charge in [0, 0.05) is 12.7 Å². The number of carbonyl (C=O) groups excluding carboxylic acids is 1. The Bertz CT molecular complexity index is 983. The maximum absolute atomic E-state index is 13.1. The highest BCUT2D eigenvalue weighted by molar-refractivity contribution is 7.99. The lowest BCUT2D eigenvalue weighted by Gasteiger charge is -2.15. The zero-order valence-electron chi connectivity index (χ0n) is 15.8. The zero-order valence-corrected chi connectivity index (χ0v) is 17.4. The molecule has 1 atom stereocenters. The maximum atomic E-state index is 13.1. The molecule has 1 N–H and O–H groups in total. The van der Waals surface area contributed by atoms with Gasteiger partial charge < -0.3 is 14.6 Å². The van der Waals surface area contributed by atoms with Crippen molar-refractivity contribution in [1.82, 2.24) is 19.7 Å². The minimum absolute atomic E-state index is 0.135. The van der Waals surface area contributed by atoms with Crippen LogP contribution in [-0.2, 0) is 11.3 Å². The first kappa shape index (κ1) is 21.1. The van der Waals surface area contributed by atoms with Crippen molar-refractivity contribution in [3.05, 3.63) is 59.4 Å². The van der Waals surface area contributed by atoms with Gasteiger partial charge >= 0.3 is 0 Å². The molecular weight excluding hydrogens is 417 g/mol. The lowest BCUT2D eigenvalue weighted by Crippen LogP contribution is -2.16. The number of hydrogen-bond donors (Lipinski definition) is 1. The number of nitrogens with zero attached hydrogens (tertiary/aromatic N) is 4. The van der Waals surface area contributed by atoms with E-state index < -0.39 is 6.10 Å². The maximum Gasteiger partial charge on any atom is 0.234 e. The fourth-order valence-electron chi connectivity index (χ4n) is 2.57.